The molecule has 0 saturated carbocycles. The molecular weight excluding hydrogens is 232 g/mol. The van der Waals surface area contributed by atoms with Crippen LogP contribution in [0.1, 0.15) is 32.3 Å². The lowest BCUT2D eigenvalue weighted by atomic mass is 9.92. The second-order valence-corrected chi connectivity index (χ2v) is 5.18. The Bertz CT molecular complexity index is 421. The Hall–Kier alpha value is -1.20. The molecule has 0 bridgehead atoms. The fourth-order valence-electron chi connectivity index (χ4n) is 1.42. The Balaban J connectivity index is 2.61. The molecule has 1 aromatic heterocycles. The molecule has 0 saturated heterocycles. The molecule has 102 valence electrons. The van der Waals surface area contributed by atoms with Crippen molar-refractivity contribution in [1.29, 1.82) is 0 Å². The number of nitrogens with zero attached hydrogens (tertiary/aromatic N) is 1. The summed E-state index contributed by atoms with van der Waals surface area (Å²) < 4.78 is 10.2. The molecule has 0 aromatic carbocycles. The zero-order valence-corrected chi connectivity index (χ0v) is 11.6. The van der Waals surface area contributed by atoms with Crippen molar-refractivity contribution in [2.75, 3.05) is 26.9 Å². The number of aromatic nitrogens is 2. The van der Waals surface area contributed by atoms with E-state index in [1.165, 1.54) is 0 Å². The summed E-state index contributed by atoms with van der Waals surface area (Å²) in [5.41, 5.74) is 0.569. The van der Waals surface area contributed by atoms with Crippen LogP contribution in [0.2, 0.25) is 0 Å². The summed E-state index contributed by atoms with van der Waals surface area (Å²) in [6, 6.07) is 1.55. The first-order chi connectivity index (χ1) is 8.43. The summed E-state index contributed by atoms with van der Waals surface area (Å²) in [6.45, 7) is 7.76. The maximum atomic E-state index is 11.5. The van der Waals surface area contributed by atoms with Crippen LogP contribution in [0.5, 0.6) is 0 Å². The summed E-state index contributed by atoms with van der Waals surface area (Å²) in [5, 5.41) is 0. The minimum Gasteiger partial charge on any atom is -0.382 e. The van der Waals surface area contributed by atoms with Crippen molar-refractivity contribution >= 4 is 0 Å². The molecule has 0 aliphatic rings. The normalized spacial score (nSPS) is 11.8. The van der Waals surface area contributed by atoms with E-state index in [0.29, 0.717) is 32.1 Å². The molecule has 0 atom stereocenters. The molecule has 18 heavy (non-hydrogen) atoms. The van der Waals surface area contributed by atoms with Gasteiger partial charge in [0.25, 0.3) is 5.56 Å². The summed E-state index contributed by atoms with van der Waals surface area (Å²) in [4.78, 5) is 18.7. The van der Waals surface area contributed by atoms with Crippen molar-refractivity contribution in [3.63, 3.8) is 0 Å². The van der Waals surface area contributed by atoms with Gasteiger partial charge in [-0.2, -0.15) is 0 Å². The molecule has 0 spiro atoms. The van der Waals surface area contributed by atoms with E-state index in [4.69, 9.17) is 9.47 Å². The van der Waals surface area contributed by atoms with Crippen molar-refractivity contribution in [3.8, 4) is 0 Å². The third-order valence-corrected chi connectivity index (χ3v) is 2.47. The number of rotatable bonds is 6. The quantitative estimate of drug-likeness (QED) is 0.777. The number of H-pyrrole nitrogens is 1. The van der Waals surface area contributed by atoms with Crippen molar-refractivity contribution in [2.24, 2.45) is 0 Å². The van der Waals surface area contributed by atoms with Crippen LogP contribution in [0.25, 0.3) is 0 Å². The van der Waals surface area contributed by atoms with Crippen LogP contribution in [0.3, 0.4) is 0 Å². The molecular formula is C13H22N2O3. The van der Waals surface area contributed by atoms with Crippen molar-refractivity contribution in [2.45, 2.75) is 32.6 Å². The second-order valence-electron chi connectivity index (χ2n) is 5.18. The molecule has 0 amide bonds. The molecule has 0 unspecified atom stereocenters. The van der Waals surface area contributed by atoms with Gasteiger partial charge < -0.3 is 14.5 Å². The van der Waals surface area contributed by atoms with Crippen LogP contribution in [-0.4, -0.2) is 36.9 Å². The maximum Gasteiger partial charge on any atom is 0.251 e. The van der Waals surface area contributed by atoms with Gasteiger partial charge >= 0.3 is 0 Å². The van der Waals surface area contributed by atoms with Gasteiger partial charge in [-0.05, 0) is 0 Å². The van der Waals surface area contributed by atoms with E-state index in [0.717, 1.165) is 5.69 Å². The SMILES string of the molecule is COCCOCCc1nc(C(C)(C)C)cc(=O)[nH]1. The van der Waals surface area contributed by atoms with E-state index in [1.807, 2.05) is 20.8 Å². The van der Waals surface area contributed by atoms with E-state index in [9.17, 15) is 4.79 Å². The summed E-state index contributed by atoms with van der Waals surface area (Å²) in [6.07, 6.45) is 0.600. The van der Waals surface area contributed by atoms with Crippen LogP contribution in [-0.2, 0) is 21.3 Å². The average Bonchev–Trinajstić information content (AvgIpc) is 2.27. The Labute approximate surface area is 108 Å². The third-order valence-electron chi connectivity index (χ3n) is 2.47. The lowest BCUT2D eigenvalue weighted by Crippen LogP contribution is -2.22. The Morgan fingerprint density at radius 1 is 1.28 bits per heavy atom. The monoisotopic (exact) mass is 254 g/mol. The van der Waals surface area contributed by atoms with Gasteiger partial charge in [0.2, 0.25) is 0 Å². The highest BCUT2D eigenvalue weighted by atomic mass is 16.5. The van der Waals surface area contributed by atoms with Crippen molar-refractivity contribution in [1.82, 2.24) is 9.97 Å². The number of hydrogen-bond acceptors (Lipinski definition) is 4. The minimum atomic E-state index is -0.125. The van der Waals surface area contributed by atoms with Crippen LogP contribution in [0.15, 0.2) is 10.9 Å². The molecule has 0 aliphatic carbocycles. The van der Waals surface area contributed by atoms with Gasteiger partial charge in [-0.1, -0.05) is 20.8 Å². The van der Waals surface area contributed by atoms with Gasteiger partial charge in [-0.25, -0.2) is 4.98 Å². The van der Waals surface area contributed by atoms with Gasteiger partial charge in [0, 0.05) is 25.0 Å². The summed E-state index contributed by atoms with van der Waals surface area (Å²) >= 11 is 0. The van der Waals surface area contributed by atoms with Gasteiger partial charge in [-0.3, -0.25) is 4.79 Å². The standard InChI is InChI=1S/C13H22N2O3/c1-13(2,3)10-9-12(16)15-11(14-10)5-6-18-8-7-17-4/h9H,5-8H2,1-4H3,(H,14,15,16). The summed E-state index contributed by atoms with van der Waals surface area (Å²) in [5.74, 6) is 0.671. The van der Waals surface area contributed by atoms with Gasteiger partial charge in [0.05, 0.1) is 25.5 Å². The van der Waals surface area contributed by atoms with Crippen LogP contribution >= 0.6 is 0 Å². The number of nitrogens with one attached hydrogen (secondary N) is 1. The predicted molar refractivity (Wildman–Crippen MR) is 70.0 cm³/mol. The van der Waals surface area contributed by atoms with Crippen molar-refractivity contribution in [3.05, 3.63) is 27.9 Å². The topological polar surface area (TPSA) is 64.2 Å². The maximum absolute atomic E-state index is 11.5. The highest BCUT2D eigenvalue weighted by Crippen LogP contribution is 2.18. The molecule has 1 rings (SSSR count). The zero-order chi connectivity index (χ0) is 13.6. The number of methoxy groups -OCH3 is 1. The third kappa shape index (κ3) is 4.98. The van der Waals surface area contributed by atoms with E-state index in [2.05, 4.69) is 9.97 Å². The highest BCUT2D eigenvalue weighted by Gasteiger charge is 2.16. The minimum absolute atomic E-state index is 0.109. The fraction of sp³-hybridized carbons (Fsp3) is 0.692. The predicted octanol–water partition coefficient (Wildman–Crippen LogP) is 1.27. The first-order valence-corrected chi connectivity index (χ1v) is 6.11. The van der Waals surface area contributed by atoms with Crippen LogP contribution in [0, 0.1) is 0 Å². The number of aromatic amines is 1. The van der Waals surface area contributed by atoms with Crippen LogP contribution in [0.4, 0.5) is 0 Å². The van der Waals surface area contributed by atoms with E-state index in [-0.39, 0.29) is 11.0 Å². The van der Waals surface area contributed by atoms with E-state index in [1.54, 1.807) is 13.2 Å². The fourth-order valence-corrected chi connectivity index (χ4v) is 1.42. The van der Waals surface area contributed by atoms with E-state index >= 15 is 0 Å². The van der Waals surface area contributed by atoms with Gasteiger partial charge in [0.15, 0.2) is 0 Å². The summed E-state index contributed by atoms with van der Waals surface area (Å²) in [7, 11) is 1.63. The second kappa shape index (κ2) is 6.66. The Kier molecular flexibility index (Phi) is 5.50. The van der Waals surface area contributed by atoms with Gasteiger partial charge in [-0.15, -0.1) is 0 Å². The molecule has 1 aromatic rings. The smallest absolute Gasteiger partial charge is 0.251 e. The Morgan fingerprint density at radius 3 is 2.61 bits per heavy atom. The molecule has 5 nitrogen and oxygen atoms in total. The van der Waals surface area contributed by atoms with Crippen molar-refractivity contribution < 1.29 is 9.47 Å². The first kappa shape index (κ1) is 14.9. The molecule has 1 N–H and O–H groups in total. The number of hydrogen-bond donors (Lipinski definition) is 1. The van der Waals surface area contributed by atoms with Gasteiger partial charge in [0.1, 0.15) is 5.82 Å². The first-order valence-electron chi connectivity index (χ1n) is 6.11. The molecule has 5 heteroatoms. The van der Waals surface area contributed by atoms with E-state index < -0.39 is 0 Å². The lowest BCUT2D eigenvalue weighted by Gasteiger charge is -2.17. The number of ether oxygens (including phenoxy) is 2. The molecule has 0 aliphatic heterocycles. The molecule has 1 heterocycles. The zero-order valence-electron chi connectivity index (χ0n) is 11.6. The Morgan fingerprint density at radius 2 is 2.00 bits per heavy atom. The average molecular weight is 254 g/mol. The largest absolute Gasteiger partial charge is 0.382 e. The molecule has 0 radical (unpaired) electrons. The highest BCUT2D eigenvalue weighted by molar-refractivity contribution is 5.12. The molecule has 0 fully saturated rings. The lowest BCUT2D eigenvalue weighted by molar-refractivity contribution is 0.0716. The van der Waals surface area contributed by atoms with Crippen LogP contribution < -0.4 is 5.56 Å².